The van der Waals surface area contributed by atoms with E-state index in [1.54, 1.807) is 20.8 Å². The van der Waals surface area contributed by atoms with Crippen LogP contribution in [0.2, 0.25) is 0 Å². The number of hydrogen-bond acceptors (Lipinski definition) is 4. The van der Waals surface area contributed by atoms with E-state index in [9.17, 15) is 9.59 Å². The van der Waals surface area contributed by atoms with Gasteiger partial charge in [0.15, 0.2) is 6.61 Å². The number of hydrogen-bond donors (Lipinski definition) is 1. The van der Waals surface area contributed by atoms with Crippen molar-refractivity contribution in [2.24, 2.45) is 0 Å². The van der Waals surface area contributed by atoms with Crippen LogP contribution in [-0.4, -0.2) is 18.5 Å². The molecule has 0 atom stereocenters. The van der Waals surface area contributed by atoms with Gasteiger partial charge in [-0.2, -0.15) is 0 Å². The summed E-state index contributed by atoms with van der Waals surface area (Å²) in [5.41, 5.74) is 3.00. The van der Waals surface area contributed by atoms with Gasteiger partial charge in [0.2, 0.25) is 0 Å². The average Bonchev–Trinajstić information content (AvgIpc) is 2.78. The summed E-state index contributed by atoms with van der Waals surface area (Å²) in [6.45, 7) is 7.00. The normalized spacial score (nSPS) is 10.4. The first kappa shape index (κ1) is 16.8. The third kappa shape index (κ3) is 4.00. The van der Waals surface area contributed by atoms with Crippen molar-refractivity contribution >= 4 is 17.6 Å². The van der Waals surface area contributed by atoms with Gasteiger partial charge < -0.3 is 14.5 Å². The second-order valence-electron chi connectivity index (χ2n) is 5.39. The predicted octanol–water partition coefficient (Wildman–Crippen LogP) is 3.56. The predicted molar refractivity (Wildman–Crippen MR) is 87.7 cm³/mol. The molecule has 0 bridgehead atoms. The number of esters is 1. The molecule has 1 N–H and O–H groups in total. The summed E-state index contributed by atoms with van der Waals surface area (Å²) in [6.07, 6.45) is 0.939. The number of nitrogens with one attached hydrogen (secondary N) is 1. The molecule has 0 aliphatic heterocycles. The molecule has 23 heavy (non-hydrogen) atoms. The fourth-order valence-corrected chi connectivity index (χ4v) is 2.32. The number of furan rings is 1. The van der Waals surface area contributed by atoms with Crippen LogP contribution in [-0.2, 0) is 16.0 Å². The Kier molecular flexibility index (Phi) is 5.21. The summed E-state index contributed by atoms with van der Waals surface area (Å²) in [5.74, 6) is 0.252. The number of anilines is 1. The van der Waals surface area contributed by atoms with Gasteiger partial charge in [-0.3, -0.25) is 4.79 Å². The summed E-state index contributed by atoms with van der Waals surface area (Å²) in [5, 5.41) is 2.69. The van der Waals surface area contributed by atoms with Crippen LogP contribution in [0, 0.1) is 20.8 Å². The third-order valence-corrected chi connectivity index (χ3v) is 3.75. The van der Waals surface area contributed by atoms with Crippen LogP contribution < -0.4 is 5.32 Å². The molecule has 5 heteroatoms. The SMILES string of the molecule is CCc1ccc(NC(=O)COC(=O)c2c(C)oc(C)c2C)cc1. The lowest BCUT2D eigenvalue weighted by Crippen LogP contribution is -2.21. The average molecular weight is 315 g/mol. The molecule has 1 aromatic heterocycles. The van der Waals surface area contributed by atoms with E-state index in [2.05, 4.69) is 12.2 Å². The van der Waals surface area contributed by atoms with Crippen LogP contribution in [0.5, 0.6) is 0 Å². The third-order valence-electron chi connectivity index (χ3n) is 3.75. The number of amides is 1. The minimum atomic E-state index is -0.548. The molecule has 0 spiro atoms. The summed E-state index contributed by atoms with van der Waals surface area (Å²) in [7, 11) is 0. The van der Waals surface area contributed by atoms with Crippen LogP contribution in [0.4, 0.5) is 5.69 Å². The van der Waals surface area contributed by atoms with Crippen molar-refractivity contribution in [1.29, 1.82) is 0 Å². The van der Waals surface area contributed by atoms with Gasteiger partial charge in [0.1, 0.15) is 17.1 Å². The minimum absolute atomic E-state index is 0.336. The molecule has 1 aromatic carbocycles. The van der Waals surface area contributed by atoms with Crippen molar-refractivity contribution in [3.05, 3.63) is 52.5 Å². The van der Waals surface area contributed by atoms with E-state index in [-0.39, 0.29) is 12.5 Å². The molecule has 5 nitrogen and oxygen atoms in total. The second-order valence-corrected chi connectivity index (χ2v) is 5.39. The van der Waals surface area contributed by atoms with E-state index < -0.39 is 5.97 Å². The van der Waals surface area contributed by atoms with E-state index in [1.165, 1.54) is 5.56 Å². The minimum Gasteiger partial charge on any atom is -0.465 e. The molecule has 0 saturated heterocycles. The Morgan fingerprint density at radius 1 is 1.09 bits per heavy atom. The van der Waals surface area contributed by atoms with Gasteiger partial charge in [0.25, 0.3) is 5.91 Å². The van der Waals surface area contributed by atoms with E-state index in [0.29, 0.717) is 22.8 Å². The number of rotatable bonds is 5. The summed E-state index contributed by atoms with van der Waals surface area (Å²) in [6, 6.07) is 7.55. The fourth-order valence-electron chi connectivity index (χ4n) is 2.32. The van der Waals surface area contributed by atoms with Crippen molar-refractivity contribution in [2.75, 3.05) is 11.9 Å². The molecule has 2 rings (SSSR count). The van der Waals surface area contributed by atoms with Crippen molar-refractivity contribution in [3.8, 4) is 0 Å². The van der Waals surface area contributed by atoms with Crippen LogP contribution >= 0.6 is 0 Å². The molecule has 2 aromatic rings. The van der Waals surface area contributed by atoms with Crippen LogP contribution in [0.25, 0.3) is 0 Å². The molecule has 0 saturated carbocycles. The highest BCUT2D eigenvalue weighted by Crippen LogP contribution is 2.21. The topological polar surface area (TPSA) is 68.5 Å². The molecule has 0 fully saturated rings. The lowest BCUT2D eigenvalue weighted by Gasteiger charge is -2.07. The highest BCUT2D eigenvalue weighted by atomic mass is 16.5. The Morgan fingerprint density at radius 2 is 1.74 bits per heavy atom. The van der Waals surface area contributed by atoms with E-state index >= 15 is 0 Å². The molecule has 0 radical (unpaired) electrons. The standard InChI is InChI=1S/C18H21NO4/c1-5-14-6-8-15(9-7-14)19-16(20)10-22-18(21)17-11(2)12(3)23-13(17)4/h6-9H,5,10H2,1-4H3,(H,19,20). The summed E-state index contributed by atoms with van der Waals surface area (Å²) < 4.78 is 10.5. The fraction of sp³-hybridized carbons (Fsp3) is 0.333. The van der Waals surface area contributed by atoms with E-state index in [1.807, 2.05) is 24.3 Å². The first-order valence-electron chi connectivity index (χ1n) is 7.54. The Labute approximate surface area is 135 Å². The van der Waals surface area contributed by atoms with E-state index in [0.717, 1.165) is 12.0 Å². The van der Waals surface area contributed by atoms with E-state index in [4.69, 9.17) is 9.15 Å². The molecular formula is C18H21NO4. The lowest BCUT2D eigenvalue weighted by molar-refractivity contribution is -0.119. The summed E-state index contributed by atoms with van der Waals surface area (Å²) >= 11 is 0. The number of aryl methyl sites for hydroxylation is 3. The van der Waals surface area contributed by atoms with Gasteiger partial charge >= 0.3 is 5.97 Å². The summed E-state index contributed by atoms with van der Waals surface area (Å²) in [4.78, 5) is 23.9. The monoisotopic (exact) mass is 315 g/mol. The van der Waals surface area contributed by atoms with Gasteiger partial charge in [-0.05, 0) is 44.9 Å². The maximum atomic E-state index is 12.1. The number of carbonyl (C=O) groups is 2. The number of ether oxygens (including phenoxy) is 1. The molecule has 0 unspecified atom stereocenters. The molecule has 0 aliphatic carbocycles. The Morgan fingerprint density at radius 3 is 2.26 bits per heavy atom. The van der Waals surface area contributed by atoms with Gasteiger partial charge in [-0.25, -0.2) is 4.79 Å². The molecule has 1 amide bonds. The highest BCUT2D eigenvalue weighted by Gasteiger charge is 2.20. The van der Waals surface area contributed by atoms with Gasteiger partial charge in [-0.1, -0.05) is 19.1 Å². The lowest BCUT2D eigenvalue weighted by atomic mass is 10.1. The maximum absolute atomic E-state index is 12.1. The maximum Gasteiger partial charge on any atom is 0.342 e. The first-order chi connectivity index (χ1) is 10.9. The Bertz CT molecular complexity index is 713. The Balaban J connectivity index is 1.92. The van der Waals surface area contributed by atoms with Crippen molar-refractivity contribution in [3.63, 3.8) is 0 Å². The molecule has 122 valence electrons. The zero-order valence-electron chi connectivity index (χ0n) is 13.9. The highest BCUT2D eigenvalue weighted by molar-refractivity contribution is 5.96. The van der Waals surface area contributed by atoms with Crippen molar-refractivity contribution < 1.29 is 18.7 Å². The quantitative estimate of drug-likeness (QED) is 0.857. The van der Waals surface area contributed by atoms with Crippen LogP contribution in [0.15, 0.2) is 28.7 Å². The van der Waals surface area contributed by atoms with Crippen LogP contribution in [0.1, 0.15) is 39.9 Å². The zero-order chi connectivity index (χ0) is 17.0. The largest absolute Gasteiger partial charge is 0.465 e. The smallest absolute Gasteiger partial charge is 0.342 e. The Hall–Kier alpha value is -2.56. The van der Waals surface area contributed by atoms with Gasteiger partial charge in [-0.15, -0.1) is 0 Å². The first-order valence-corrected chi connectivity index (χ1v) is 7.54. The molecule has 0 aliphatic rings. The molecule has 1 heterocycles. The second kappa shape index (κ2) is 7.13. The number of benzene rings is 1. The zero-order valence-corrected chi connectivity index (χ0v) is 13.9. The number of carbonyl (C=O) groups excluding carboxylic acids is 2. The van der Waals surface area contributed by atoms with Gasteiger partial charge in [0.05, 0.1) is 0 Å². The van der Waals surface area contributed by atoms with Crippen LogP contribution in [0.3, 0.4) is 0 Å². The van der Waals surface area contributed by atoms with Gasteiger partial charge in [0, 0.05) is 11.3 Å². The van der Waals surface area contributed by atoms with Crippen molar-refractivity contribution in [2.45, 2.75) is 34.1 Å². The van der Waals surface area contributed by atoms with Crippen molar-refractivity contribution in [1.82, 2.24) is 0 Å². The molecular weight excluding hydrogens is 294 g/mol.